The first kappa shape index (κ1) is 23.5. The van der Waals surface area contributed by atoms with Crippen LogP contribution in [-0.2, 0) is 13.0 Å². The van der Waals surface area contributed by atoms with Crippen molar-refractivity contribution in [1.82, 2.24) is 20.6 Å². The average Bonchev–Trinajstić information content (AvgIpc) is 3.23. The van der Waals surface area contributed by atoms with Crippen molar-refractivity contribution in [2.24, 2.45) is 0 Å². The Kier molecular flexibility index (Phi) is 7.57. The van der Waals surface area contributed by atoms with Gasteiger partial charge in [0.2, 0.25) is 0 Å². The van der Waals surface area contributed by atoms with E-state index in [9.17, 15) is 9.90 Å². The molecule has 0 radical (unpaired) electrons. The summed E-state index contributed by atoms with van der Waals surface area (Å²) in [6.07, 6.45) is -0.270. The number of hydrogen-bond acceptors (Lipinski definition) is 5. The summed E-state index contributed by atoms with van der Waals surface area (Å²) < 4.78 is 5.27. The molecule has 1 aromatic heterocycles. The molecule has 3 aromatic carbocycles. The molecular formula is C27H30N4O3. The van der Waals surface area contributed by atoms with Crippen molar-refractivity contribution in [3.8, 4) is 5.75 Å². The first-order valence-electron chi connectivity index (χ1n) is 11.3. The first-order chi connectivity index (χ1) is 16.5. The number of amides is 1. The second-order valence-corrected chi connectivity index (χ2v) is 8.37. The summed E-state index contributed by atoms with van der Waals surface area (Å²) in [6, 6.07) is 22.5. The smallest absolute Gasteiger partial charge is 0.251 e. The van der Waals surface area contributed by atoms with Crippen molar-refractivity contribution in [2.45, 2.75) is 32.0 Å². The molecule has 2 atom stereocenters. The van der Waals surface area contributed by atoms with Gasteiger partial charge in [-0.3, -0.25) is 4.79 Å². The van der Waals surface area contributed by atoms with Crippen LogP contribution >= 0.6 is 0 Å². The highest BCUT2D eigenvalue weighted by molar-refractivity contribution is 5.97. The van der Waals surface area contributed by atoms with Crippen molar-refractivity contribution < 1.29 is 14.6 Å². The number of nitrogens with one attached hydrogen (secondary N) is 3. The SMILES string of the molecule is COc1cccc(CNC[C@@H](O)[C@H](Cc2ccccc2)NC(=O)c2ccc3nc(C)[nH]c3c2)c1. The minimum atomic E-state index is -0.784. The normalized spacial score (nSPS) is 12.9. The van der Waals surface area contributed by atoms with E-state index >= 15 is 0 Å². The predicted molar refractivity (Wildman–Crippen MR) is 133 cm³/mol. The minimum Gasteiger partial charge on any atom is -0.497 e. The van der Waals surface area contributed by atoms with E-state index in [1.807, 2.05) is 67.6 Å². The zero-order valence-corrected chi connectivity index (χ0v) is 19.4. The van der Waals surface area contributed by atoms with Gasteiger partial charge >= 0.3 is 0 Å². The Bertz CT molecular complexity index is 1240. The molecule has 34 heavy (non-hydrogen) atoms. The Hall–Kier alpha value is -3.68. The van der Waals surface area contributed by atoms with Crippen LogP contribution < -0.4 is 15.4 Å². The Labute approximate surface area is 199 Å². The fraction of sp³-hybridized carbons (Fsp3) is 0.259. The Morgan fingerprint density at radius 2 is 1.85 bits per heavy atom. The van der Waals surface area contributed by atoms with Crippen molar-refractivity contribution >= 4 is 16.9 Å². The molecule has 4 rings (SSSR count). The number of aliphatic hydroxyl groups excluding tert-OH is 1. The number of aromatic amines is 1. The maximum atomic E-state index is 13.1. The molecule has 0 saturated heterocycles. The molecule has 0 aliphatic carbocycles. The maximum Gasteiger partial charge on any atom is 0.251 e. The van der Waals surface area contributed by atoms with E-state index in [-0.39, 0.29) is 5.91 Å². The number of aromatic nitrogens is 2. The molecule has 0 aliphatic rings. The summed E-state index contributed by atoms with van der Waals surface area (Å²) in [5.41, 5.74) is 4.24. The molecule has 1 amide bonds. The molecule has 7 heteroatoms. The van der Waals surface area contributed by atoms with Crippen LogP contribution in [0, 0.1) is 6.92 Å². The number of imidazole rings is 1. The van der Waals surface area contributed by atoms with Crippen LogP contribution in [0.15, 0.2) is 72.8 Å². The minimum absolute atomic E-state index is 0.234. The Balaban J connectivity index is 1.44. The number of aryl methyl sites for hydroxylation is 1. The zero-order valence-electron chi connectivity index (χ0n) is 19.4. The van der Waals surface area contributed by atoms with Crippen molar-refractivity contribution in [3.63, 3.8) is 0 Å². The number of carbonyl (C=O) groups excluding carboxylic acids is 1. The van der Waals surface area contributed by atoms with E-state index in [4.69, 9.17) is 4.74 Å². The number of nitrogens with zero attached hydrogens (tertiary/aromatic N) is 1. The van der Waals surface area contributed by atoms with Gasteiger partial charge in [0, 0.05) is 18.7 Å². The maximum absolute atomic E-state index is 13.1. The molecule has 0 aliphatic heterocycles. The highest BCUT2D eigenvalue weighted by atomic mass is 16.5. The van der Waals surface area contributed by atoms with Crippen molar-refractivity contribution in [1.29, 1.82) is 0 Å². The van der Waals surface area contributed by atoms with E-state index in [0.29, 0.717) is 25.1 Å². The Morgan fingerprint density at radius 3 is 2.65 bits per heavy atom. The van der Waals surface area contributed by atoms with Gasteiger partial charge in [-0.15, -0.1) is 0 Å². The van der Waals surface area contributed by atoms with Crippen LogP contribution in [0.25, 0.3) is 11.0 Å². The van der Waals surface area contributed by atoms with Gasteiger partial charge in [0.1, 0.15) is 11.6 Å². The van der Waals surface area contributed by atoms with Gasteiger partial charge in [-0.05, 0) is 54.8 Å². The monoisotopic (exact) mass is 458 g/mol. The van der Waals surface area contributed by atoms with Crippen LogP contribution in [-0.4, -0.2) is 46.8 Å². The summed E-state index contributed by atoms with van der Waals surface area (Å²) in [5, 5.41) is 17.3. The van der Waals surface area contributed by atoms with Gasteiger partial charge in [0.25, 0.3) is 5.91 Å². The van der Waals surface area contributed by atoms with Crippen LogP contribution in [0.4, 0.5) is 0 Å². The standard InChI is InChI=1S/C27H30N4O3/c1-18-29-23-12-11-21(15-24(23)30-18)27(33)31-25(14-19-7-4-3-5-8-19)26(32)17-28-16-20-9-6-10-22(13-20)34-2/h3-13,15,25-26,28,32H,14,16-17H2,1-2H3,(H,29,30)(H,31,33)/t25-,26+/m0/s1. The van der Waals surface area contributed by atoms with E-state index in [1.54, 1.807) is 19.2 Å². The Morgan fingerprint density at radius 1 is 1.06 bits per heavy atom. The number of aliphatic hydroxyl groups is 1. The number of ether oxygens (including phenoxy) is 1. The number of rotatable bonds is 10. The number of methoxy groups -OCH3 is 1. The fourth-order valence-electron chi connectivity index (χ4n) is 3.97. The third-order valence-electron chi connectivity index (χ3n) is 5.76. The van der Waals surface area contributed by atoms with Crippen LogP contribution in [0.3, 0.4) is 0 Å². The van der Waals surface area contributed by atoms with Crippen LogP contribution in [0.5, 0.6) is 5.75 Å². The molecule has 0 fully saturated rings. The lowest BCUT2D eigenvalue weighted by molar-refractivity contribution is 0.0830. The number of fused-ring (bicyclic) bond motifs is 1. The van der Waals surface area contributed by atoms with E-state index in [0.717, 1.165) is 33.7 Å². The number of H-pyrrole nitrogens is 1. The quantitative estimate of drug-likeness (QED) is 0.292. The second-order valence-electron chi connectivity index (χ2n) is 8.37. The molecule has 0 saturated carbocycles. The number of carbonyl (C=O) groups is 1. The highest BCUT2D eigenvalue weighted by Gasteiger charge is 2.22. The van der Waals surface area contributed by atoms with Gasteiger partial charge in [0.15, 0.2) is 0 Å². The van der Waals surface area contributed by atoms with Crippen LogP contribution in [0.2, 0.25) is 0 Å². The topological polar surface area (TPSA) is 99.3 Å². The highest BCUT2D eigenvalue weighted by Crippen LogP contribution is 2.15. The molecule has 0 bridgehead atoms. The molecule has 4 aromatic rings. The molecule has 0 unspecified atom stereocenters. The molecule has 4 N–H and O–H groups in total. The third kappa shape index (κ3) is 6.01. The summed E-state index contributed by atoms with van der Waals surface area (Å²) in [5.74, 6) is 1.35. The molecule has 176 valence electrons. The second kappa shape index (κ2) is 11.0. The average molecular weight is 459 g/mol. The number of benzene rings is 3. The van der Waals surface area contributed by atoms with Crippen LogP contribution in [0.1, 0.15) is 27.3 Å². The third-order valence-corrected chi connectivity index (χ3v) is 5.76. The molecular weight excluding hydrogens is 428 g/mol. The van der Waals surface area contributed by atoms with Gasteiger partial charge in [-0.25, -0.2) is 4.98 Å². The lowest BCUT2D eigenvalue weighted by Gasteiger charge is -2.25. The molecule has 7 nitrogen and oxygen atoms in total. The predicted octanol–water partition coefficient (Wildman–Crippen LogP) is 3.37. The summed E-state index contributed by atoms with van der Waals surface area (Å²) in [7, 11) is 1.64. The number of hydrogen-bond donors (Lipinski definition) is 4. The molecule has 1 heterocycles. The largest absolute Gasteiger partial charge is 0.497 e. The van der Waals surface area contributed by atoms with E-state index in [1.165, 1.54) is 0 Å². The van der Waals surface area contributed by atoms with E-state index in [2.05, 4.69) is 20.6 Å². The summed E-state index contributed by atoms with van der Waals surface area (Å²) in [6.45, 7) is 2.79. The van der Waals surface area contributed by atoms with Gasteiger partial charge in [0.05, 0.1) is 30.3 Å². The van der Waals surface area contributed by atoms with Gasteiger partial charge in [-0.2, -0.15) is 0 Å². The zero-order chi connectivity index (χ0) is 23.9. The van der Waals surface area contributed by atoms with Crippen molar-refractivity contribution in [3.05, 3.63) is 95.3 Å². The van der Waals surface area contributed by atoms with Gasteiger partial charge in [-0.1, -0.05) is 42.5 Å². The van der Waals surface area contributed by atoms with E-state index < -0.39 is 12.1 Å². The summed E-state index contributed by atoms with van der Waals surface area (Å²) in [4.78, 5) is 20.6. The van der Waals surface area contributed by atoms with Gasteiger partial charge < -0.3 is 25.5 Å². The first-order valence-corrected chi connectivity index (χ1v) is 11.3. The lowest BCUT2D eigenvalue weighted by Crippen LogP contribution is -2.48. The lowest BCUT2D eigenvalue weighted by atomic mass is 10.00. The van der Waals surface area contributed by atoms with Crippen molar-refractivity contribution in [2.75, 3.05) is 13.7 Å². The fourth-order valence-corrected chi connectivity index (χ4v) is 3.97. The summed E-state index contributed by atoms with van der Waals surface area (Å²) >= 11 is 0. The molecule has 0 spiro atoms.